The van der Waals surface area contributed by atoms with E-state index in [1.807, 2.05) is 12.1 Å². The van der Waals surface area contributed by atoms with Gasteiger partial charge in [-0.25, -0.2) is 10.0 Å². The molecule has 5 nitrogen and oxygen atoms in total. The van der Waals surface area contributed by atoms with E-state index in [4.69, 9.17) is 9.25 Å². The van der Waals surface area contributed by atoms with Crippen molar-refractivity contribution in [3.63, 3.8) is 0 Å². The third-order valence-corrected chi connectivity index (χ3v) is 4.84. The highest BCUT2D eigenvalue weighted by Crippen LogP contribution is 2.33. The van der Waals surface area contributed by atoms with Gasteiger partial charge in [-0.1, -0.05) is 19.3 Å². The molecule has 23 heavy (non-hydrogen) atoms. The Morgan fingerprint density at radius 1 is 1.13 bits per heavy atom. The molecule has 0 bridgehead atoms. The number of amides is 1. The first-order valence-electron chi connectivity index (χ1n) is 8.66. The molecule has 2 aromatic rings. The lowest BCUT2D eigenvalue weighted by Crippen LogP contribution is -2.35. The standard InChI is InChI=1S/C18H22N2O3/c21-18(20-10-4-5-11-22-20)14-8-9-15-16(12-14)23-17(19-15)13-6-2-1-3-7-13/h8-9,12-13H,1-7,10-11H2. The summed E-state index contributed by atoms with van der Waals surface area (Å²) in [4.78, 5) is 22.6. The highest BCUT2D eigenvalue weighted by molar-refractivity contribution is 5.96. The summed E-state index contributed by atoms with van der Waals surface area (Å²) in [6.45, 7) is 1.27. The van der Waals surface area contributed by atoms with Crippen molar-refractivity contribution in [3.05, 3.63) is 29.7 Å². The van der Waals surface area contributed by atoms with Crippen molar-refractivity contribution in [2.45, 2.75) is 50.9 Å². The van der Waals surface area contributed by atoms with Crippen molar-refractivity contribution in [2.75, 3.05) is 13.2 Å². The number of aromatic nitrogens is 1. The SMILES string of the molecule is O=C(c1ccc2nc(C3CCCCC3)oc2c1)N1CCCCO1. The Morgan fingerprint density at radius 2 is 2.00 bits per heavy atom. The number of nitrogens with zero attached hydrogens (tertiary/aromatic N) is 2. The summed E-state index contributed by atoms with van der Waals surface area (Å²) in [5, 5.41) is 1.46. The van der Waals surface area contributed by atoms with Gasteiger partial charge in [0, 0.05) is 18.0 Å². The van der Waals surface area contributed by atoms with Crippen molar-refractivity contribution in [1.82, 2.24) is 10.0 Å². The molecule has 0 unspecified atom stereocenters. The molecule has 1 aromatic carbocycles. The molecule has 122 valence electrons. The van der Waals surface area contributed by atoms with E-state index in [0.29, 0.717) is 30.2 Å². The quantitative estimate of drug-likeness (QED) is 0.839. The van der Waals surface area contributed by atoms with Crippen LogP contribution >= 0.6 is 0 Å². The first-order chi connectivity index (χ1) is 11.3. The number of hydrogen-bond donors (Lipinski definition) is 0. The second-order valence-electron chi connectivity index (χ2n) is 6.52. The molecular formula is C18H22N2O3. The second-order valence-corrected chi connectivity index (χ2v) is 6.52. The van der Waals surface area contributed by atoms with Gasteiger partial charge in [0.2, 0.25) is 0 Å². The molecule has 5 heteroatoms. The normalized spacial score (nSPS) is 20.1. The summed E-state index contributed by atoms with van der Waals surface area (Å²) in [6.07, 6.45) is 8.11. The molecule has 1 saturated heterocycles. The maximum absolute atomic E-state index is 12.5. The Morgan fingerprint density at radius 3 is 2.78 bits per heavy atom. The number of benzene rings is 1. The zero-order chi connectivity index (χ0) is 15.6. The van der Waals surface area contributed by atoms with Crippen LogP contribution in [-0.2, 0) is 4.84 Å². The molecule has 1 aliphatic heterocycles. The number of hydroxylamine groups is 2. The smallest absolute Gasteiger partial charge is 0.277 e. The first-order valence-corrected chi connectivity index (χ1v) is 8.66. The second kappa shape index (κ2) is 6.32. The van der Waals surface area contributed by atoms with E-state index in [1.54, 1.807) is 6.07 Å². The molecule has 4 rings (SSSR count). The van der Waals surface area contributed by atoms with Gasteiger partial charge in [-0.3, -0.25) is 9.63 Å². The number of carbonyl (C=O) groups excluding carboxylic acids is 1. The molecule has 0 atom stereocenters. The Bertz CT molecular complexity index is 697. The lowest BCUT2D eigenvalue weighted by molar-refractivity contribution is -0.144. The number of rotatable bonds is 2. The van der Waals surface area contributed by atoms with Gasteiger partial charge in [-0.05, 0) is 43.9 Å². The molecule has 2 fully saturated rings. The molecule has 1 amide bonds. The van der Waals surface area contributed by atoms with Crippen LogP contribution in [0.25, 0.3) is 11.1 Å². The summed E-state index contributed by atoms with van der Waals surface area (Å²) in [5.41, 5.74) is 2.14. The molecule has 2 heterocycles. The van der Waals surface area contributed by atoms with Gasteiger partial charge in [0.05, 0.1) is 6.61 Å². The Hall–Kier alpha value is -1.88. The van der Waals surface area contributed by atoms with Gasteiger partial charge in [-0.15, -0.1) is 0 Å². The average molecular weight is 314 g/mol. The van der Waals surface area contributed by atoms with Gasteiger partial charge < -0.3 is 4.42 Å². The number of oxazole rings is 1. The van der Waals surface area contributed by atoms with Crippen LogP contribution in [0.3, 0.4) is 0 Å². The van der Waals surface area contributed by atoms with Crippen LogP contribution in [0.15, 0.2) is 22.6 Å². The van der Waals surface area contributed by atoms with E-state index < -0.39 is 0 Å². The maximum Gasteiger partial charge on any atom is 0.277 e. The van der Waals surface area contributed by atoms with Crippen molar-refractivity contribution in [2.24, 2.45) is 0 Å². The van der Waals surface area contributed by atoms with Crippen LogP contribution in [0.5, 0.6) is 0 Å². The number of fused-ring (bicyclic) bond motifs is 1. The highest BCUT2D eigenvalue weighted by Gasteiger charge is 2.23. The van der Waals surface area contributed by atoms with Gasteiger partial charge >= 0.3 is 0 Å². The van der Waals surface area contributed by atoms with E-state index in [1.165, 1.54) is 24.3 Å². The summed E-state index contributed by atoms with van der Waals surface area (Å²) >= 11 is 0. The largest absolute Gasteiger partial charge is 0.440 e. The Labute approximate surface area is 135 Å². The molecule has 0 radical (unpaired) electrons. The zero-order valence-corrected chi connectivity index (χ0v) is 13.3. The van der Waals surface area contributed by atoms with E-state index in [2.05, 4.69) is 4.98 Å². The molecule has 1 aliphatic carbocycles. The maximum atomic E-state index is 12.5. The van der Waals surface area contributed by atoms with Crippen LogP contribution in [0, 0.1) is 0 Å². The summed E-state index contributed by atoms with van der Waals surface area (Å²) in [5.74, 6) is 1.17. The third-order valence-electron chi connectivity index (χ3n) is 4.84. The number of hydrogen-bond acceptors (Lipinski definition) is 4. The van der Waals surface area contributed by atoms with Crippen LogP contribution < -0.4 is 0 Å². The molecule has 1 aromatic heterocycles. The number of carbonyl (C=O) groups is 1. The first kappa shape index (κ1) is 14.7. The fourth-order valence-electron chi connectivity index (χ4n) is 3.50. The average Bonchev–Trinajstić information content (AvgIpc) is 3.06. The molecule has 0 N–H and O–H groups in total. The fourth-order valence-corrected chi connectivity index (χ4v) is 3.50. The van der Waals surface area contributed by atoms with E-state index >= 15 is 0 Å². The topological polar surface area (TPSA) is 55.6 Å². The van der Waals surface area contributed by atoms with Crippen molar-refractivity contribution >= 4 is 17.0 Å². The van der Waals surface area contributed by atoms with Crippen molar-refractivity contribution < 1.29 is 14.0 Å². The molecule has 2 aliphatic rings. The minimum absolute atomic E-state index is 0.0952. The predicted octanol–water partition coefficient (Wildman–Crippen LogP) is 4.04. The van der Waals surface area contributed by atoms with Crippen molar-refractivity contribution in [1.29, 1.82) is 0 Å². The third kappa shape index (κ3) is 2.98. The molecule has 0 spiro atoms. The predicted molar refractivity (Wildman–Crippen MR) is 86.1 cm³/mol. The fraction of sp³-hybridized carbons (Fsp3) is 0.556. The van der Waals surface area contributed by atoms with Gasteiger partial charge in [0.15, 0.2) is 11.5 Å². The Balaban J connectivity index is 1.58. The van der Waals surface area contributed by atoms with E-state index in [0.717, 1.165) is 37.1 Å². The van der Waals surface area contributed by atoms with Crippen LogP contribution in [-0.4, -0.2) is 29.1 Å². The monoisotopic (exact) mass is 314 g/mol. The van der Waals surface area contributed by atoms with Crippen LogP contribution in [0.2, 0.25) is 0 Å². The highest BCUT2D eigenvalue weighted by atomic mass is 16.7. The van der Waals surface area contributed by atoms with Crippen LogP contribution in [0.1, 0.15) is 67.1 Å². The lowest BCUT2D eigenvalue weighted by atomic mass is 9.89. The summed E-state index contributed by atoms with van der Waals surface area (Å²) in [7, 11) is 0. The summed E-state index contributed by atoms with van der Waals surface area (Å²) in [6, 6.07) is 5.49. The molecule has 1 saturated carbocycles. The van der Waals surface area contributed by atoms with Crippen molar-refractivity contribution in [3.8, 4) is 0 Å². The minimum atomic E-state index is -0.0952. The van der Waals surface area contributed by atoms with Gasteiger partial charge in [-0.2, -0.15) is 0 Å². The van der Waals surface area contributed by atoms with Gasteiger partial charge in [0.1, 0.15) is 5.52 Å². The Kier molecular flexibility index (Phi) is 4.04. The van der Waals surface area contributed by atoms with E-state index in [9.17, 15) is 4.79 Å². The van der Waals surface area contributed by atoms with Gasteiger partial charge in [0.25, 0.3) is 5.91 Å². The lowest BCUT2D eigenvalue weighted by Gasteiger charge is -2.25. The van der Waals surface area contributed by atoms with E-state index in [-0.39, 0.29) is 5.91 Å². The summed E-state index contributed by atoms with van der Waals surface area (Å²) < 4.78 is 5.96. The minimum Gasteiger partial charge on any atom is -0.440 e. The van der Waals surface area contributed by atoms with Crippen LogP contribution in [0.4, 0.5) is 0 Å². The molecular weight excluding hydrogens is 292 g/mol. The zero-order valence-electron chi connectivity index (χ0n) is 13.3.